The molecule has 1 aliphatic heterocycles. The van der Waals surface area contributed by atoms with Gasteiger partial charge in [-0.3, -0.25) is 4.79 Å². The van der Waals surface area contributed by atoms with Crippen LogP contribution in [0.3, 0.4) is 0 Å². The summed E-state index contributed by atoms with van der Waals surface area (Å²) in [6, 6.07) is 2.78. The molecule has 0 aromatic carbocycles. The largest absolute Gasteiger partial charge is 0.475 e. The smallest absolute Gasteiger partial charge is 0.371 e. The molecule has 0 aliphatic carbocycles. The number of carbonyl (C=O) groups is 2. The first-order valence-electron chi connectivity index (χ1n) is 5.50. The summed E-state index contributed by atoms with van der Waals surface area (Å²) in [4.78, 5) is 22.2. The molecule has 1 aliphatic rings. The van der Waals surface area contributed by atoms with Gasteiger partial charge in [0.15, 0.2) is 0 Å². The molecule has 0 spiro atoms. The molecular formula is C11H14N2O4. The first-order valence-corrected chi connectivity index (χ1v) is 5.50. The van der Waals surface area contributed by atoms with Gasteiger partial charge in [0.1, 0.15) is 5.76 Å². The van der Waals surface area contributed by atoms with Gasteiger partial charge >= 0.3 is 5.97 Å². The maximum atomic E-state index is 11.6. The lowest BCUT2D eigenvalue weighted by molar-refractivity contribution is -0.123. The molecule has 1 amide bonds. The molecule has 1 aromatic heterocycles. The van der Waals surface area contributed by atoms with E-state index in [4.69, 9.17) is 9.52 Å². The van der Waals surface area contributed by atoms with Gasteiger partial charge in [-0.25, -0.2) is 4.79 Å². The van der Waals surface area contributed by atoms with Gasteiger partial charge in [-0.15, -0.1) is 0 Å². The molecule has 1 aromatic rings. The summed E-state index contributed by atoms with van der Waals surface area (Å²) >= 11 is 0. The number of aromatic carboxylic acids is 1. The second-order valence-corrected chi connectivity index (χ2v) is 3.94. The van der Waals surface area contributed by atoms with Gasteiger partial charge in [0.2, 0.25) is 11.7 Å². The summed E-state index contributed by atoms with van der Waals surface area (Å²) < 4.78 is 5.02. The Morgan fingerprint density at radius 1 is 1.53 bits per heavy atom. The van der Waals surface area contributed by atoms with Crippen molar-refractivity contribution in [2.75, 3.05) is 6.54 Å². The molecule has 6 nitrogen and oxygen atoms in total. The fourth-order valence-corrected chi connectivity index (χ4v) is 1.79. The highest BCUT2D eigenvalue weighted by Crippen LogP contribution is 2.08. The van der Waals surface area contributed by atoms with Crippen LogP contribution in [-0.2, 0) is 11.3 Å². The van der Waals surface area contributed by atoms with Crippen molar-refractivity contribution in [3.63, 3.8) is 0 Å². The third-order valence-electron chi connectivity index (χ3n) is 2.69. The van der Waals surface area contributed by atoms with Crippen molar-refractivity contribution in [1.82, 2.24) is 10.6 Å². The van der Waals surface area contributed by atoms with E-state index in [0.29, 0.717) is 5.76 Å². The second kappa shape index (κ2) is 5.01. The summed E-state index contributed by atoms with van der Waals surface area (Å²) in [5.74, 6) is -0.863. The SMILES string of the molecule is O=C(O)c1ccc(CNC(=O)C2CCCN2)o1. The molecule has 1 atom stereocenters. The maximum Gasteiger partial charge on any atom is 0.371 e. The molecule has 1 unspecified atom stereocenters. The number of carboxylic acids is 1. The van der Waals surface area contributed by atoms with Crippen LogP contribution >= 0.6 is 0 Å². The van der Waals surface area contributed by atoms with Gasteiger partial charge in [-0.05, 0) is 31.5 Å². The van der Waals surface area contributed by atoms with Crippen LogP contribution in [0.15, 0.2) is 16.5 Å². The van der Waals surface area contributed by atoms with E-state index in [-0.39, 0.29) is 24.3 Å². The van der Waals surface area contributed by atoms with E-state index < -0.39 is 5.97 Å². The molecule has 0 radical (unpaired) electrons. The minimum Gasteiger partial charge on any atom is -0.475 e. The first kappa shape index (κ1) is 11.7. The van der Waals surface area contributed by atoms with Crippen LogP contribution in [0.4, 0.5) is 0 Å². The Hall–Kier alpha value is -1.82. The zero-order valence-electron chi connectivity index (χ0n) is 9.23. The van der Waals surface area contributed by atoms with Crippen LogP contribution in [0.1, 0.15) is 29.2 Å². The lowest BCUT2D eigenvalue weighted by Gasteiger charge is -2.09. The minimum atomic E-state index is -1.11. The van der Waals surface area contributed by atoms with E-state index >= 15 is 0 Å². The van der Waals surface area contributed by atoms with E-state index in [1.807, 2.05) is 0 Å². The number of furan rings is 1. The van der Waals surface area contributed by atoms with Crippen LogP contribution in [0.5, 0.6) is 0 Å². The maximum absolute atomic E-state index is 11.6. The number of carboxylic acid groups (broad SMARTS) is 1. The number of hydrogen-bond donors (Lipinski definition) is 3. The predicted molar refractivity (Wildman–Crippen MR) is 58.5 cm³/mol. The first-order chi connectivity index (χ1) is 8.16. The topological polar surface area (TPSA) is 91.6 Å². The zero-order chi connectivity index (χ0) is 12.3. The average Bonchev–Trinajstić information content (AvgIpc) is 2.97. The van der Waals surface area contributed by atoms with Crippen LogP contribution in [0.2, 0.25) is 0 Å². The van der Waals surface area contributed by atoms with Crippen LogP contribution in [0.25, 0.3) is 0 Å². The number of hydrogen-bond acceptors (Lipinski definition) is 4. The summed E-state index contributed by atoms with van der Waals surface area (Å²) in [7, 11) is 0. The van der Waals surface area contributed by atoms with Crippen molar-refractivity contribution in [1.29, 1.82) is 0 Å². The molecule has 1 fully saturated rings. The van der Waals surface area contributed by atoms with Crippen molar-refractivity contribution in [2.45, 2.75) is 25.4 Å². The van der Waals surface area contributed by atoms with Gasteiger partial charge in [0, 0.05) is 0 Å². The van der Waals surface area contributed by atoms with Gasteiger partial charge in [0.05, 0.1) is 12.6 Å². The molecule has 3 N–H and O–H groups in total. The number of carbonyl (C=O) groups excluding carboxylic acids is 1. The Bertz CT molecular complexity index is 421. The van der Waals surface area contributed by atoms with Gasteiger partial charge in [-0.1, -0.05) is 0 Å². The fraction of sp³-hybridized carbons (Fsp3) is 0.455. The van der Waals surface area contributed by atoms with Crippen LogP contribution < -0.4 is 10.6 Å². The molecule has 17 heavy (non-hydrogen) atoms. The number of amides is 1. The summed E-state index contributed by atoms with van der Waals surface area (Å²) in [5.41, 5.74) is 0. The molecule has 0 bridgehead atoms. The Balaban J connectivity index is 1.84. The van der Waals surface area contributed by atoms with Gasteiger partial charge < -0.3 is 20.2 Å². The highest BCUT2D eigenvalue weighted by atomic mass is 16.4. The molecule has 6 heteroatoms. The quantitative estimate of drug-likeness (QED) is 0.703. The molecule has 0 saturated carbocycles. The third-order valence-corrected chi connectivity index (χ3v) is 2.69. The fourth-order valence-electron chi connectivity index (χ4n) is 1.79. The summed E-state index contributed by atoms with van der Waals surface area (Å²) in [6.07, 6.45) is 1.84. The summed E-state index contributed by atoms with van der Waals surface area (Å²) in [5, 5.41) is 14.4. The second-order valence-electron chi connectivity index (χ2n) is 3.94. The van der Waals surface area contributed by atoms with E-state index in [1.54, 1.807) is 6.07 Å². The molecule has 2 heterocycles. The van der Waals surface area contributed by atoms with E-state index in [0.717, 1.165) is 19.4 Å². The summed E-state index contributed by atoms with van der Waals surface area (Å²) in [6.45, 7) is 1.08. The minimum absolute atomic E-state index is 0.0734. The Labute approximate surface area is 98.0 Å². The van der Waals surface area contributed by atoms with Crippen molar-refractivity contribution in [2.24, 2.45) is 0 Å². The van der Waals surface area contributed by atoms with Crippen molar-refractivity contribution in [3.8, 4) is 0 Å². The number of rotatable bonds is 4. The van der Waals surface area contributed by atoms with Crippen LogP contribution in [0, 0.1) is 0 Å². The molecule has 2 rings (SSSR count). The normalized spacial score (nSPS) is 19.2. The zero-order valence-corrected chi connectivity index (χ0v) is 9.23. The van der Waals surface area contributed by atoms with Crippen molar-refractivity contribution in [3.05, 3.63) is 23.7 Å². The van der Waals surface area contributed by atoms with Gasteiger partial charge in [-0.2, -0.15) is 0 Å². The number of nitrogens with one attached hydrogen (secondary N) is 2. The monoisotopic (exact) mass is 238 g/mol. The molecular weight excluding hydrogens is 224 g/mol. The molecule has 92 valence electrons. The Morgan fingerprint density at radius 2 is 2.35 bits per heavy atom. The van der Waals surface area contributed by atoms with Crippen molar-refractivity contribution < 1.29 is 19.1 Å². The van der Waals surface area contributed by atoms with Gasteiger partial charge in [0.25, 0.3) is 0 Å². The van der Waals surface area contributed by atoms with E-state index in [1.165, 1.54) is 6.07 Å². The van der Waals surface area contributed by atoms with E-state index in [2.05, 4.69) is 10.6 Å². The van der Waals surface area contributed by atoms with Crippen LogP contribution in [-0.4, -0.2) is 29.6 Å². The molecule has 1 saturated heterocycles. The lowest BCUT2D eigenvalue weighted by Crippen LogP contribution is -2.39. The Kier molecular flexibility index (Phi) is 3.43. The van der Waals surface area contributed by atoms with E-state index in [9.17, 15) is 9.59 Å². The Morgan fingerprint density at radius 3 is 2.94 bits per heavy atom. The highest BCUT2D eigenvalue weighted by molar-refractivity contribution is 5.84. The third kappa shape index (κ3) is 2.85. The highest BCUT2D eigenvalue weighted by Gasteiger charge is 2.21. The van der Waals surface area contributed by atoms with Crippen molar-refractivity contribution >= 4 is 11.9 Å². The lowest BCUT2D eigenvalue weighted by atomic mass is 10.2. The predicted octanol–water partition coefficient (Wildman–Crippen LogP) is 0.346. The standard InChI is InChI=1S/C11H14N2O4/c14-10(8-2-1-5-12-8)13-6-7-3-4-9(17-7)11(15)16/h3-4,8,12H,1-2,5-6H2,(H,13,14)(H,15,16). The average molecular weight is 238 g/mol.